The van der Waals surface area contributed by atoms with Gasteiger partial charge in [0.2, 0.25) is 0 Å². The number of hydrogen-bond acceptors (Lipinski definition) is 3. The zero-order valence-electron chi connectivity index (χ0n) is 19.1. The number of nitrogens with zero attached hydrogens (tertiary/aromatic N) is 1. The molecule has 0 radical (unpaired) electrons. The normalized spacial score (nSPS) is 16.3. The van der Waals surface area contributed by atoms with Crippen molar-refractivity contribution in [3.8, 4) is 0 Å². The van der Waals surface area contributed by atoms with E-state index in [4.69, 9.17) is 28.9 Å². The lowest BCUT2D eigenvalue weighted by atomic mass is 9.89. The second kappa shape index (κ2) is 12.0. The van der Waals surface area contributed by atoms with Gasteiger partial charge in [0.05, 0.1) is 10.0 Å². The van der Waals surface area contributed by atoms with E-state index in [2.05, 4.69) is 30.1 Å². The number of hydrogen-bond donors (Lipinski definition) is 2. The van der Waals surface area contributed by atoms with E-state index in [0.29, 0.717) is 34.0 Å². The maximum absolute atomic E-state index is 12.8. The van der Waals surface area contributed by atoms with Crippen molar-refractivity contribution in [1.29, 1.82) is 0 Å². The van der Waals surface area contributed by atoms with Gasteiger partial charge in [0, 0.05) is 18.2 Å². The van der Waals surface area contributed by atoms with Gasteiger partial charge in [-0.05, 0) is 92.5 Å². The van der Waals surface area contributed by atoms with Gasteiger partial charge < -0.3 is 16.0 Å². The second-order valence-electron chi connectivity index (χ2n) is 9.26. The number of benzene rings is 2. The highest BCUT2D eigenvalue weighted by atomic mass is 35.5. The average Bonchev–Trinajstić information content (AvgIpc) is 2.77. The molecule has 1 atom stereocenters. The lowest BCUT2D eigenvalue weighted by Crippen LogP contribution is -2.48. The van der Waals surface area contributed by atoms with Gasteiger partial charge in [0.1, 0.15) is 0 Å². The summed E-state index contributed by atoms with van der Waals surface area (Å²) < 4.78 is 0. The van der Waals surface area contributed by atoms with Crippen molar-refractivity contribution in [2.24, 2.45) is 17.6 Å². The van der Waals surface area contributed by atoms with Crippen LogP contribution < -0.4 is 11.1 Å². The molecule has 32 heavy (non-hydrogen) atoms. The molecule has 1 aliphatic rings. The SMILES string of the molecule is CC(C)[C@H](CN1CCC(Cc2ccc(Cl)c(Cl)c2)CC1)NC(=O)c1ccc(CCN)cc1. The minimum atomic E-state index is -0.00231. The summed E-state index contributed by atoms with van der Waals surface area (Å²) in [5.74, 6) is 1.02. The van der Waals surface area contributed by atoms with Gasteiger partial charge in [0.15, 0.2) is 0 Å². The third-order valence-corrected chi connectivity index (χ3v) is 7.18. The largest absolute Gasteiger partial charge is 0.348 e. The summed E-state index contributed by atoms with van der Waals surface area (Å²) in [6.45, 7) is 7.95. The van der Waals surface area contributed by atoms with E-state index in [1.807, 2.05) is 36.4 Å². The molecular weight excluding hydrogens is 441 g/mol. The number of piperidine rings is 1. The summed E-state index contributed by atoms with van der Waals surface area (Å²) >= 11 is 12.2. The predicted octanol–water partition coefficient (Wildman–Crippen LogP) is 5.20. The fourth-order valence-electron chi connectivity index (χ4n) is 4.32. The standard InChI is InChI=1S/C26H35Cl2N3O/c1-18(2)25(30-26(32)22-6-3-19(4-7-22)9-12-29)17-31-13-10-20(11-14-31)15-21-5-8-23(27)24(28)16-21/h3-8,16,18,20,25H,9-15,17,29H2,1-2H3,(H,30,32)/t25-/m0/s1. The Bertz CT molecular complexity index is 877. The third-order valence-electron chi connectivity index (χ3n) is 6.44. The Balaban J connectivity index is 1.49. The first-order valence-corrected chi connectivity index (χ1v) is 12.4. The lowest BCUT2D eigenvalue weighted by molar-refractivity contribution is 0.0893. The maximum Gasteiger partial charge on any atom is 0.251 e. The molecule has 0 aliphatic carbocycles. The molecule has 1 aliphatic heterocycles. The van der Waals surface area contributed by atoms with Crippen LogP contribution in [0.1, 0.15) is 48.2 Å². The topological polar surface area (TPSA) is 58.4 Å². The molecule has 3 rings (SSSR count). The first kappa shape index (κ1) is 25.0. The van der Waals surface area contributed by atoms with Gasteiger partial charge in [-0.1, -0.05) is 55.2 Å². The van der Waals surface area contributed by atoms with Crippen molar-refractivity contribution in [3.05, 3.63) is 69.2 Å². The molecule has 0 bridgehead atoms. The van der Waals surface area contributed by atoms with Crippen molar-refractivity contribution in [1.82, 2.24) is 10.2 Å². The molecule has 1 saturated heterocycles. The Kier molecular flexibility index (Phi) is 9.42. The van der Waals surface area contributed by atoms with Crippen LogP contribution in [0.25, 0.3) is 0 Å². The van der Waals surface area contributed by atoms with Crippen molar-refractivity contribution in [2.75, 3.05) is 26.2 Å². The van der Waals surface area contributed by atoms with Crippen LogP contribution in [0.15, 0.2) is 42.5 Å². The summed E-state index contributed by atoms with van der Waals surface area (Å²) in [4.78, 5) is 15.3. The van der Waals surface area contributed by atoms with Crippen LogP contribution in [0.4, 0.5) is 0 Å². The minimum absolute atomic E-state index is 0.00231. The van der Waals surface area contributed by atoms with E-state index in [0.717, 1.165) is 50.9 Å². The van der Waals surface area contributed by atoms with Crippen LogP contribution in [0, 0.1) is 11.8 Å². The molecule has 0 saturated carbocycles. The van der Waals surface area contributed by atoms with Crippen LogP contribution >= 0.6 is 23.2 Å². The number of likely N-dealkylation sites (tertiary alicyclic amines) is 1. The Morgan fingerprint density at radius 1 is 1.06 bits per heavy atom. The van der Waals surface area contributed by atoms with Gasteiger partial charge in [0.25, 0.3) is 5.91 Å². The number of halogens is 2. The monoisotopic (exact) mass is 475 g/mol. The molecule has 1 fully saturated rings. The number of nitrogens with two attached hydrogens (primary N) is 1. The molecule has 0 unspecified atom stereocenters. The first-order valence-electron chi connectivity index (χ1n) is 11.6. The highest BCUT2D eigenvalue weighted by Crippen LogP contribution is 2.27. The summed E-state index contributed by atoms with van der Waals surface area (Å²) in [5, 5.41) is 4.50. The number of nitrogens with one attached hydrogen (secondary N) is 1. The van der Waals surface area contributed by atoms with Crippen LogP contribution in [0.3, 0.4) is 0 Å². The van der Waals surface area contributed by atoms with E-state index in [1.54, 1.807) is 0 Å². The van der Waals surface area contributed by atoms with E-state index in [1.165, 1.54) is 5.56 Å². The van der Waals surface area contributed by atoms with Gasteiger partial charge in [-0.3, -0.25) is 4.79 Å². The van der Waals surface area contributed by atoms with E-state index in [9.17, 15) is 4.79 Å². The molecule has 2 aromatic carbocycles. The van der Waals surface area contributed by atoms with Gasteiger partial charge in [-0.2, -0.15) is 0 Å². The molecule has 0 aromatic heterocycles. The van der Waals surface area contributed by atoms with E-state index >= 15 is 0 Å². The Labute approximate surface area is 202 Å². The average molecular weight is 476 g/mol. The summed E-state index contributed by atoms with van der Waals surface area (Å²) in [7, 11) is 0. The Morgan fingerprint density at radius 3 is 2.31 bits per heavy atom. The predicted molar refractivity (Wildman–Crippen MR) is 135 cm³/mol. The highest BCUT2D eigenvalue weighted by Gasteiger charge is 2.25. The molecule has 2 aromatic rings. The van der Waals surface area contributed by atoms with Gasteiger partial charge >= 0.3 is 0 Å². The second-order valence-corrected chi connectivity index (χ2v) is 10.1. The van der Waals surface area contributed by atoms with Crippen LogP contribution in [-0.2, 0) is 12.8 Å². The molecule has 1 amide bonds. The molecule has 1 heterocycles. The van der Waals surface area contributed by atoms with Crippen molar-refractivity contribution in [3.63, 3.8) is 0 Å². The third kappa shape index (κ3) is 7.21. The smallest absolute Gasteiger partial charge is 0.251 e. The fraction of sp³-hybridized carbons (Fsp3) is 0.500. The number of carbonyl (C=O) groups excluding carboxylic acids is 1. The number of amides is 1. The zero-order chi connectivity index (χ0) is 23.1. The number of carbonyl (C=O) groups is 1. The van der Waals surface area contributed by atoms with Crippen molar-refractivity contribution >= 4 is 29.1 Å². The van der Waals surface area contributed by atoms with Crippen LogP contribution in [-0.4, -0.2) is 43.0 Å². The van der Waals surface area contributed by atoms with Gasteiger partial charge in [-0.25, -0.2) is 0 Å². The summed E-state index contributed by atoms with van der Waals surface area (Å²) in [6, 6.07) is 13.8. The molecule has 0 spiro atoms. The quantitative estimate of drug-likeness (QED) is 0.523. The summed E-state index contributed by atoms with van der Waals surface area (Å²) in [6.07, 6.45) is 4.18. The van der Waals surface area contributed by atoms with Crippen molar-refractivity contribution in [2.45, 2.75) is 45.6 Å². The lowest BCUT2D eigenvalue weighted by Gasteiger charge is -2.35. The molecule has 6 heteroatoms. The summed E-state index contributed by atoms with van der Waals surface area (Å²) in [5.41, 5.74) is 8.73. The maximum atomic E-state index is 12.8. The fourth-order valence-corrected chi connectivity index (χ4v) is 4.64. The Hall–Kier alpha value is -1.59. The highest BCUT2D eigenvalue weighted by molar-refractivity contribution is 6.42. The molecule has 174 valence electrons. The van der Waals surface area contributed by atoms with E-state index in [-0.39, 0.29) is 11.9 Å². The Morgan fingerprint density at radius 2 is 1.72 bits per heavy atom. The van der Waals surface area contributed by atoms with Crippen LogP contribution in [0.5, 0.6) is 0 Å². The molecular formula is C26H35Cl2N3O. The van der Waals surface area contributed by atoms with Crippen LogP contribution in [0.2, 0.25) is 10.0 Å². The molecule has 3 N–H and O–H groups in total. The number of rotatable bonds is 9. The first-order chi connectivity index (χ1) is 15.4. The van der Waals surface area contributed by atoms with Gasteiger partial charge in [-0.15, -0.1) is 0 Å². The molecule has 4 nitrogen and oxygen atoms in total. The van der Waals surface area contributed by atoms with E-state index < -0.39 is 0 Å². The zero-order valence-corrected chi connectivity index (χ0v) is 20.6. The minimum Gasteiger partial charge on any atom is -0.348 e. The van der Waals surface area contributed by atoms with Crippen molar-refractivity contribution < 1.29 is 4.79 Å².